The van der Waals surface area contributed by atoms with Crippen molar-refractivity contribution in [1.82, 2.24) is 0 Å². The number of hydrogen-bond acceptors (Lipinski definition) is 2. The molecule has 2 aromatic rings. The summed E-state index contributed by atoms with van der Waals surface area (Å²) in [5.41, 5.74) is 1.53. The van der Waals surface area contributed by atoms with Gasteiger partial charge in [-0.05, 0) is 24.1 Å². The number of rotatable bonds is 6. The minimum atomic E-state index is -0.304. The molecule has 0 heterocycles. The average molecular weight is 282 g/mol. The van der Waals surface area contributed by atoms with Crippen molar-refractivity contribution in [3.8, 4) is 5.75 Å². The molecule has 0 radical (unpaired) electrons. The maximum absolute atomic E-state index is 12.4. The van der Waals surface area contributed by atoms with Gasteiger partial charge in [0.2, 0.25) is 0 Å². The second kappa shape index (κ2) is 6.57. The second-order valence-electron chi connectivity index (χ2n) is 5.87. The Kier molecular flexibility index (Phi) is 4.79. The lowest BCUT2D eigenvalue weighted by atomic mass is 9.82. The predicted molar refractivity (Wildman–Crippen MR) is 85.6 cm³/mol. The van der Waals surface area contributed by atoms with Crippen LogP contribution >= 0.6 is 0 Å². The summed E-state index contributed by atoms with van der Waals surface area (Å²) in [4.78, 5) is 12.4. The van der Waals surface area contributed by atoms with Gasteiger partial charge in [-0.25, -0.2) is 0 Å². The maximum atomic E-state index is 12.4. The summed E-state index contributed by atoms with van der Waals surface area (Å²) in [6.45, 7) is 6.53. The third-order valence-corrected chi connectivity index (χ3v) is 3.86. The Morgan fingerprint density at radius 2 is 1.62 bits per heavy atom. The minimum absolute atomic E-state index is 0.195. The molecule has 0 saturated carbocycles. The Hall–Kier alpha value is -2.09. The fraction of sp³-hybridized carbons (Fsp3) is 0.316. The molecule has 2 heteroatoms. The van der Waals surface area contributed by atoms with Crippen molar-refractivity contribution in [2.24, 2.45) is 5.41 Å². The van der Waals surface area contributed by atoms with Crippen LogP contribution in [0.25, 0.3) is 0 Å². The van der Waals surface area contributed by atoms with E-state index in [1.54, 1.807) is 0 Å². The summed E-state index contributed by atoms with van der Waals surface area (Å²) in [5, 5.41) is 0. The number of hydrogen-bond donors (Lipinski definition) is 0. The molecule has 21 heavy (non-hydrogen) atoms. The van der Waals surface area contributed by atoms with Crippen molar-refractivity contribution < 1.29 is 9.53 Å². The smallest absolute Gasteiger partial charge is 0.168 e. The van der Waals surface area contributed by atoms with Gasteiger partial charge in [-0.1, -0.05) is 63.2 Å². The van der Waals surface area contributed by atoms with E-state index in [1.165, 1.54) is 0 Å². The molecule has 0 aliphatic heterocycles. The molecule has 0 unspecified atom stereocenters. The SMILES string of the molecule is CCC(C)(C)C(=O)c1ccc(COc2ccccc2)cc1. The predicted octanol–water partition coefficient (Wildman–Crippen LogP) is 4.88. The molecular formula is C19H22O2. The van der Waals surface area contributed by atoms with Crippen LogP contribution in [0.5, 0.6) is 5.75 Å². The zero-order valence-electron chi connectivity index (χ0n) is 12.9. The lowest BCUT2D eigenvalue weighted by molar-refractivity contribution is 0.0833. The Balaban J connectivity index is 2.01. The van der Waals surface area contributed by atoms with E-state index < -0.39 is 0 Å². The largest absolute Gasteiger partial charge is 0.489 e. The molecule has 0 spiro atoms. The molecule has 0 aromatic heterocycles. The summed E-state index contributed by atoms with van der Waals surface area (Å²) >= 11 is 0. The highest BCUT2D eigenvalue weighted by molar-refractivity contribution is 6.00. The van der Waals surface area contributed by atoms with Gasteiger partial charge < -0.3 is 4.74 Å². The Labute approximate surface area is 126 Å². The van der Waals surface area contributed by atoms with Gasteiger partial charge >= 0.3 is 0 Å². The van der Waals surface area contributed by atoms with E-state index in [9.17, 15) is 4.79 Å². The highest BCUT2D eigenvalue weighted by atomic mass is 16.5. The molecular weight excluding hydrogens is 260 g/mol. The lowest BCUT2D eigenvalue weighted by Crippen LogP contribution is -2.23. The monoisotopic (exact) mass is 282 g/mol. The molecule has 0 amide bonds. The minimum Gasteiger partial charge on any atom is -0.489 e. The summed E-state index contributed by atoms with van der Waals surface area (Å²) in [6.07, 6.45) is 0.838. The van der Waals surface area contributed by atoms with Gasteiger partial charge in [-0.2, -0.15) is 0 Å². The van der Waals surface area contributed by atoms with Crippen LogP contribution < -0.4 is 4.74 Å². The molecule has 0 bridgehead atoms. The molecule has 0 N–H and O–H groups in total. The molecule has 2 rings (SSSR count). The van der Waals surface area contributed by atoms with Crippen LogP contribution in [0.1, 0.15) is 43.1 Å². The van der Waals surface area contributed by atoms with E-state index in [2.05, 4.69) is 0 Å². The van der Waals surface area contributed by atoms with Crippen molar-refractivity contribution in [2.45, 2.75) is 33.8 Å². The van der Waals surface area contributed by atoms with Crippen molar-refractivity contribution in [3.05, 3.63) is 65.7 Å². The summed E-state index contributed by atoms with van der Waals surface area (Å²) in [7, 11) is 0. The van der Waals surface area contributed by atoms with Gasteiger partial charge in [0.15, 0.2) is 5.78 Å². The first-order valence-corrected chi connectivity index (χ1v) is 7.34. The van der Waals surface area contributed by atoms with E-state index >= 15 is 0 Å². The van der Waals surface area contributed by atoms with Gasteiger partial charge in [0.25, 0.3) is 0 Å². The van der Waals surface area contributed by atoms with Crippen molar-refractivity contribution >= 4 is 5.78 Å². The van der Waals surface area contributed by atoms with Crippen LogP contribution in [0.2, 0.25) is 0 Å². The Morgan fingerprint density at radius 3 is 2.19 bits per heavy atom. The lowest BCUT2D eigenvalue weighted by Gasteiger charge is -2.20. The Bertz CT molecular complexity index is 583. The van der Waals surface area contributed by atoms with Crippen molar-refractivity contribution in [2.75, 3.05) is 0 Å². The van der Waals surface area contributed by atoms with Crippen LogP contribution in [0, 0.1) is 5.41 Å². The number of carbonyl (C=O) groups is 1. The number of para-hydroxylation sites is 1. The van der Waals surface area contributed by atoms with E-state index in [4.69, 9.17) is 4.74 Å². The summed E-state index contributed by atoms with van der Waals surface area (Å²) < 4.78 is 5.70. The van der Waals surface area contributed by atoms with E-state index in [0.29, 0.717) is 6.61 Å². The summed E-state index contributed by atoms with van der Waals surface area (Å²) in [5.74, 6) is 1.05. The number of ketones is 1. The zero-order chi connectivity index (χ0) is 15.3. The van der Waals surface area contributed by atoms with Crippen LogP contribution in [-0.4, -0.2) is 5.78 Å². The normalized spacial score (nSPS) is 11.2. The van der Waals surface area contributed by atoms with Crippen LogP contribution in [0.3, 0.4) is 0 Å². The van der Waals surface area contributed by atoms with E-state index in [1.807, 2.05) is 75.4 Å². The fourth-order valence-electron chi connectivity index (χ4n) is 1.99. The molecule has 110 valence electrons. The zero-order valence-corrected chi connectivity index (χ0v) is 12.9. The standard InChI is InChI=1S/C19H22O2/c1-4-19(2,3)18(20)16-12-10-15(11-13-16)14-21-17-8-6-5-7-9-17/h5-13H,4,14H2,1-3H3. The first kappa shape index (κ1) is 15.3. The highest BCUT2D eigenvalue weighted by Crippen LogP contribution is 2.25. The number of Topliss-reactive ketones (excluding diaryl/α,β-unsaturated/α-hetero) is 1. The quantitative estimate of drug-likeness (QED) is 0.705. The maximum Gasteiger partial charge on any atom is 0.168 e. The van der Waals surface area contributed by atoms with Crippen molar-refractivity contribution in [1.29, 1.82) is 0 Å². The fourth-order valence-corrected chi connectivity index (χ4v) is 1.99. The number of carbonyl (C=O) groups excluding carboxylic acids is 1. The van der Waals surface area contributed by atoms with Crippen LogP contribution in [0.15, 0.2) is 54.6 Å². The Morgan fingerprint density at radius 1 is 1.00 bits per heavy atom. The second-order valence-corrected chi connectivity index (χ2v) is 5.87. The van der Waals surface area contributed by atoms with Gasteiger partial charge in [0, 0.05) is 11.0 Å². The van der Waals surface area contributed by atoms with E-state index in [0.717, 1.165) is 23.3 Å². The first-order valence-electron chi connectivity index (χ1n) is 7.34. The third kappa shape index (κ3) is 3.94. The average Bonchev–Trinajstić information content (AvgIpc) is 2.53. The molecule has 0 saturated heterocycles. The van der Waals surface area contributed by atoms with Crippen LogP contribution in [-0.2, 0) is 6.61 Å². The topological polar surface area (TPSA) is 26.3 Å². The highest BCUT2D eigenvalue weighted by Gasteiger charge is 2.26. The van der Waals surface area contributed by atoms with Crippen LogP contribution in [0.4, 0.5) is 0 Å². The van der Waals surface area contributed by atoms with Gasteiger partial charge in [-0.15, -0.1) is 0 Å². The number of benzene rings is 2. The van der Waals surface area contributed by atoms with E-state index in [-0.39, 0.29) is 11.2 Å². The third-order valence-electron chi connectivity index (χ3n) is 3.86. The molecule has 0 atom stereocenters. The molecule has 0 aliphatic rings. The molecule has 2 nitrogen and oxygen atoms in total. The first-order chi connectivity index (χ1) is 10.0. The molecule has 0 fully saturated rings. The molecule has 0 aliphatic carbocycles. The van der Waals surface area contributed by atoms with Crippen molar-refractivity contribution in [3.63, 3.8) is 0 Å². The summed E-state index contributed by atoms with van der Waals surface area (Å²) in [6, 6.07) is 17.4. The van der Waals surface area contributed by atoms with Gasteiger partial charge in [0.05, 0.1) is 0 Å². The van der Waals surface area contributed by atoms with Gasteiger partial charge in [0.1, 0.15) is 12.4 Å². The van der Waals surface area contributed by atoms with Gasteiger partial charge in [-0.3, -0.25) is 4.79 Å². The number of ether oxygens (including phenoxy) is 1. The molecule has 2 aromatic carbocycles.